The number of benzene rings is 1. The number of ketones is 1. The number of halogens is 1. The lowest BCUT2D eigenvalue weighted by atomic mass is 9.81. The molecule has 1 aromatic rings. The molecule has 128 valence electrons. The van der Waals surface area contributed by atoms with Crippen LogP contribution in [0.3, 0.4) is 0 Å². The molecule has 2 unspecified atom stereocenters. The monoisotopic (exact) mass is 365 g/mol. The summed E-state index contributed by atoms with van der Waals surface area (Å²) < 4.78 is 5.45. The van der Waals surface area contributed by atoms with Crippen LogP contribution in [0.5, 0.6) is 0 Å². The maximum absolute atomic E-state index is 12.9. The Morgan fingerprint density at radius 3 is 2.75 bits per heavy atom. The molecular formula is C18H20ClNO3S. The fourth-order valence-corrected chi connectivity index (χ4v) is 4.32. The standard InChI is InChI=1S/C18H20ClNO3S/c1-9-7-12-16(15(21)14(9)17(22)23-18(2,3)4)24-13-8-10(19)5-6-11(13)20-12/h5-6,8-9,14,20H,7H2,1-4H3. The first-order chi connectivity index (χ1) is 11.2. The molecule has 0 saturated carbocycles. The Labute approximate surface area is 151 Å². The summed E-state index contributed by atoms with van der Waals surface area (Å²) in [6, 6.07) is 5.55. The number of Topliss-reactive ketones (excluding diaryl/α,β-unsaturated/α-hetero) is 1. The third-order valence-electron chi connectivity index (χ3n) is 3.98. The van der Waals surface area contributed by atoms with E-state index in [9.17, 15) is 9.59 Å². The van der Waals surface area contributed by atoms with Gasteiger partial charge in [-0.15, -0.1) is 0 Å². The largest absolute Gasteiger partial charge is 0.459 e. The first kappa shape index (κ1) is 17.4. The van der Waals surface area contributed by atoms with Crippen molar-refractivity contribution < 1.29 is 14.3 Å². The molecule has 24 heavy (non-hydrogen) atoms. The van der Waals surface area contributed by atoms with Crippen molar-refractivity contribution in [1.82, 2.24) is 0 Å². The summed E-state index contributed by atoms with van der Waals surface area (Å²) in [5.74, 6) is -1.46. The molecule has 0 radical (unpaired) electrons. The second kappa shape index (κ2) is 6.12. The lowest BCUT2D eigenvalue weighted by molar-refractivity contribution is -0.163. The molecule has 0 saturated heterocycles. The summed E-state index contributed by atoms with van der Waals surface area (Å²) in [4.78, 5) is 26.9. The van der Waals surface area contributed by atoms with Crippen LogP contribution in [0.15, 0.2) is 33.7 Å². The highest BCUT2D eigenvalue weighted by atomic mass is 35.5. The van der Waals surface area contributed by atoms with Crippen LogP contribution < -0.4 is 5.32 Å². The molecule has 0 spiro atoms. The average Bonchev–Trinajstić information content (AvgIpc) is 2.44. The second-order valence-corrected chi connectivity index (χ2v) is 8.72. The lowest BCUT2D eigenvalue weighted by Crippen LogP contribution is -2.40. The van der Waals surface area contributed by atoms with Gasteiger partial charge in [0.2, 0.25) is 0 Å². The van der Waals surface area contributed by atoms with Crippen LogP contribution in [0.25, 0.3) is 0 Å². The Hall–Kier alpha value is -1.46. The van der Waals surface area contributed by atoms with Crippen molar-refractivity contribution in [2.45, 2.75) is 44.6 Å². The zero-order valence-electron chi connectivity index (χ0n) is 14.1. The Bertz CT molecular complexity index is 751. The van der Waals surface area contributed by atoms with E-state index in [-0.39, 0.29) is 11.7 Å². The SMILES string of the molecule is CC1CC2=C(Sc3cc(Cl)ccc3N2)C(=O)C1C(=O)OC(C)(C)C. The molecular weight excluding hydrogens is 346 g/mol. The lowest BCUT2D eigenvalue weighted by Gasteiger charge is -2.34. The summed E-state index contributed by atoms with van der Waals surface area (Å²) in [5.41, 5.74) is 1.22. The minimum absolute atomic E-state index is 0.104. The second-order valence-electron chi connectivity index (χ2n) is 7.23. The van der Waals surface area contributed by atoms with Gasteiger partial charge in [0.15, 0.2) is 5.78 Å². The number of hydrogen-bond donors (Lipinski definition) is 1. The third-order valence-corrected chi connectivity index (χ3v) is 5.42. The van der Waals surface area contributed by atoms with Gasteiger partial charge in [-0.05, 0) is 51.3 Å². The number of ether oxygens (including phenoxy) is 1. The molecule has 3 rings (SSSR count). The molecule has 1 N–H and O–H groups in total. The van der Waals surface area contributed by atoms with Crippen LogP contribution in [0.2, 0.25) is 5.02 Å². The van der Waals surface area contributed by atoms with E-state index in [0.29, 0.717) is 16.3 Å². The number of carbonyl (C=O) groups excluding carboxylic acids is 2. The van der Waals surface area contributed by atoms with Gasteiger partial charge >= 0.3 is 5.97 Å². The van der Waals surface area contributed by atoms with E-state index in [1.54, 1.807) is 0 Å². The van der Waals surface area contributed by atoms with E-state index in [1.165, 1.54) is 11.8 Å². The topological polar surface area (TPSA) is 55.4 Å². The van der Waals surface area contributed by atoms with E-state index >= 15 is 0 Å². The van der Waals surface area contributed by atoms with Crippen LogP contribution in [-0.2, 0) is 14.3 Å². The van der Waals surface area contributed by atoms with Crippen molar-refractivity contribution in [3.8, 4) is 0 Å². The smallest absolute Gasteiger partial charge is 0.317 e. The number of esters is 1. The van der Waals surface area contributed by atoms with Gasteiger partial charge < -0.3 is 10.1 Å². The van der Waals surface area contributed by atoms with Gasteiger partial charge in [-0.25, -0.2) is 0 Å². The normalized spacial score (nSPS) is 23.3. The molecule has 1 aliphatic carbocycles. The summed E-state index contributed by atoms with van der Waals surface area (Å²) in [7, 11) is 0. The Morgan fingerprint density at radius 1 is 1.38 bits per heavy atom. The average molecular weight is 366 g/mol. The fourth-order valence-electron chi connectivity index (χ4n) is 2.96. The van der Waals surface area contributed by atoms with Crippen LogP contribution in [0.4, 0.5) is 5.69 Å². The van der Waals surface area contributed by atoms with Gasteiger partial charge in [0.25, 0.3) is 0 Å². The molecule has 4 nitrogen and oxygen atoms in total. The molecule has 0 aromatic heterocycles. The van der Waals surface area contributed by atoms with Gasteiger partial charge in [0, 0.05) is 15.6 Å². The van der Waals surface area contributed by atoms with Crippen LogP contribution in [-0.4, -0.2) is 17.4 Å². The number of allylic oxidation sites excluding steroid dienone is 2. The van der Waals surface area contributed by atoms with E-state index < -0.39 is 17.5 Å². The highest BCUT2D eigenvalue weighted by Crippen LogP contribution is 2.47. The van der Waals surface area contributed by atoms with Gasteiger partial charge in [0.05, 0.1) is 10.6 Å². The van der Waals surface area contributed by atoms with Gasteiger partial charge in [-0.2, -0.15) is 0 Å². The summed E-state index contributed by atoms with van der Waals surface area (Å²) in [6.07, 6.45) is 0.639. The Balaban J connectivity index is 1.89. The number of hydrogen-bond acceptors (Lipinski definition) is 5. The molecule has 2 atom stereocenters. The van der Waals surface area contributed by atoms with E-state index in [0.717, 1.165) is 16.3 Å². The van der Waals surface area contributed by atoms with Gasteiger partial charge in [-0.3, -0.25) is 9.59 Å². The molecule has 0 bridgehead atoms. The maximum atomic E-state index is 12.9. The van der Waals surface area contributed by atoms with Crippen molar-refractivity contribution in [2.24, 2.45) is 11.8 Å². The fraction of sp³-hybridized carbons (Fsp3) is 0.444. The first-order valence-corrected chi connectivity index (χ1v) is 9.10. The van der Waals surface area contributed by atoms with E-state index in [4.69, 9.17) is 16.3 Å². The predicted octanol–water partition coefficient (Wildman–Crippen LogP) is 4.64. The number of anilines is 1. The van der Waals surface area contributed by atoms with Crippen molar-refractivity contribution in [1.29, 1.82) is 0 Å². The van der Waals surface area contributed by atoms with Crippen molar-refractivity contribution >= 4 is 40.8 Å². The highest BCUT2D eigenvalue weighted by Gasteiger charge is 2.43. The molecule has 2 aliphatic rings. The third kappa shape index (κ3) is 3.33. The quantitative estimate of drug-likeness (QED) is 0.580. The summed E-state index contributed by atoms with van der Waals surface area (Å²) in [6.45, 7) is 7.34. The highest BCUT2D eigenvalue weighted by molar-refractivity contribution is 8.04. The van der Waals surface area contributed by atoms with Gasteiger partial charge in [-0.1, -0.05) is 30.3 Å². The Morgan fingerprint density at radius 2 is 2.08 bits per heavy atom. The predicted molar refractivity (Wildman–Crippen MR) is 96.1 cm³/mol. The maximum Gasteiger partial charge on any atom is 0.317 e. The van der Waals surface area contributed by atoms with Gasteiger partial charge in [0.1, 0.15) is 11.5 Å². The minimum Gasteiger partial charge on any atom is -0.459 e. The molecule has 1 aromatic carbocycles. The first-order valence-electron chi connectivity index (χ1n) is 7.90. The van der Waals surface area contributed by atoms with E-state index in [1.807, 2.05) is 45.9 Å². The van der Waals surface area contributed by atoms with Crippen molar-refractivity contribution in [3.05, 3.63) is 33.8 Å². The van der Waals surface area contributed by atoms with Crippen LogP contribution >= 0.6 is 23.4 Å². The molecule has 0 amide bonds. The minimum atomic E-state index is -0.752. The molecule has 1 aliphatic heterocycles. The number of thioether (sulfide) groups is 1. The van der Waals surface area contributed by atoms with Crippen LogP contribution in [0.1, 0.15) is 34.1 Å². The molecule has 0 fully saturated rings. The zero-order valence-corrected chi connectivity index (χ0v) is 15.7. The molecule has 1 heterocycles. The van der Waals surface area contributed by atoms with E-state index in [2.05, 4.69) is 5.32 Å². The Kier molecular flexibility index (Phi) is 4.43. The number of carbonyl (C=O) groups is 2. The number of nitrogens with one attached hydrogen (secondary N) is 1. The summed E-state index contributed by atoms with van der Waals surface area (Å²) >= 11 is 7.43. The molecule has 6 heteroatoms. The number of rotatable bonds is 1. The zero-order chi connectivity index (χ0) is 17.6. The van der Waals surface area contributed by atoms with Crippen LogP contribution in [0, 0.1) is 11.8 Å². The number of fused-ring (bicyclic) bond motifs is 1. The summed E-state index contributed by atoms with van der Waals surface area (Å²) in [5, 5.41) is 3.94. The van der Waals surface area contributed by atoms with Crippen molar-refractivity contribution in [3.63, 3.8) is 0 Å². The van der Waals surface area contributed by atoms with Crippen molar-refractivity contribution in [2.75, 3.05) is 5.32 Å².